The Hall–Kier alpha value is -2.80. The van der Waals surface area contributed by atoms with Crippen molar-refractivity contribution in [2.24, 2.45) is 0 Å². The maximum atomic E-state index is 13.4. The molecule has 7 heteroatoms. The average Bonchev–Trinajstić information content (AvgIpc) is 3.26. The van der Waals surface area contributed by atoms with Crippen LogP contribution in [-0.2, 0) is 4.79 Å². The van der Waals surface area contributed by atoms with Crippen LogP contribution in [0, 0.1) is 0 Å². The number of rotatable bonds is 7. The molecule has 2 aromatic carbocycles. The van der Waals surface area contributed by atoms with E-state index < -0.39 is 0 Å². The van der Waals surface area contributed by atoms with E-state index in [9.17, 15) is 9.59 Å². The van der Waals surface area contributed by atoms with Gasteiger partial charge in [-0.2, -0.15) is 0 Å². The van der Waals surface area contributed by atoms with Crippen molar-refractivity contribution in [3.05, 3.63) is 58.9 Å². The van der Waals surface area contributed by atoms with Gasteiger partial charge in [-0.1, -0.05) is 48.9 Å². The van der Waals surface area contributed by atoms with E-state index in [1.54, 1.807) is 10.6 Å². The SMILES string of the molecule is CCOc1ccccc1-n1c(SCC(=O)NC2CCCC2)nc2ccccc2c1=O. The van der Waals surface area contributed by atoms with Crippen LogP contribution in [0.25, 0.3) is 16.6 Å². The number of para-hydroxylation sites is 3. The fourth-order valence-corrected chi connectivity index (χ4v) is 4.63. The Kier molecular flexibility index (Phi) is 6.38. The molecule has 6 nitrogen and oxygen atoms in total. The van der Waals surface area contributed by atoms with Gasteiger partial charge in [0.15, 0.2) is 5.16 Å². The maximum absolute atomic E-state index is 13.4. The summed E-state index contributed by atoms with van der Waals surface area (Å²) in [5.74, 6) is 0.785. The van der Waals surface area contributed by atoms with Crippen molar-refractivity contribution in [1.82, 2.24) is 14.9 Å². The molecule has 1 aliphatic rings. The van der Waals surface area contributed by atoms with Gasteiger partial charge in [-0.15, -0.1) is 0 Å². The first kappa shape index (κ1) is 20.5. The van der Waals surface area contributed by atoms with E-state index in [0.29, 0.717) is 34.1 Å². The zero-order valence-electron chi connectivity index (χ0n) is 17.0. The lowest BCUT2D eigenvalue weighted by Crippen LogP contribution is -2.34. The molecule has 4 rings (SSSR count). The van der Waals surface area contributed by atoms with Crippen molar-refractivity contribution < 1.29 is 9.53 Å². The molecule has 1 heterocycles. The van der Waals surface area contributed by atoms with Crippen molar-refractivity contribution in [2.75, 3.05) is 12.4 Å². The monoisotopic (exact) mass is 423 g/mol. The van der Waals surface area contributed by atoms with E-state index in [1.807, 2.05) is 49.4 Å². The molecule has 1 saturated carbocycles. The molecule has 30 heavy (non-hydrogen) atoms. The normalized spacial score (nSPS) is 14.2. The summed E-state index contributed by atoms with van der Waals surface area (Å²) < 4.78 is 7.31. The van der Waals surface area contributed by atoms with E-state index in [4.69, 9.17) is 9.72 Å². The number of fused-ring (bicyclic) bond motifs is 1. The predicted molar refractivity (Wildman–Crippen MR) is 120 cm³/mol. The minimum absolute atomic E-state index is 0.0287. The molecule has 1 N–H and O–H groups in total. The largest absolute Gasteiger partial charge is 0.492 e. The number of thioether (sulfide) groups is 1. The fraction of sp³-hybridized carbons (Fsp3) is 0.348. The number of nitrogens with zero attached hydrogens (tertiary/aromatic N) is 2. The Morgan fingerprint density at radius 3 is 2.70 bits per heavy atom. The van der Waals surface area contributed by atoms with Gasteiger partial charge in [0.25, 0.3) is 5.56 Å². The first-order valence-electron chi connectivity index (χ1n) is 10.3. The Labute approximate surface area is 179 Å². The number of hydrogen-bond acceptors (Lipinski definition) is 5. The van der Waals surface area contributed by atoms with Crippen molar-refractivity contribution in [1.29, 1.82) is 0 Å². The predicted octanol–water partition coefficient (Wildman–Crippen LogP) is 3.94. The van der Waals surface area contributed by atoms with Crippen molar-refractivity contribution in [3.63, 3.8) is 0 Å². The molecule has 0 atom stereocenters. The molecule has 1 aliphatic carbocycles. The second-order valence-electron chi connectivity index (χ2n) is 7.29. The van der Waals surface area contributed by atoms with Gasteiger partial charge in [0.05, 0.1) is 29.0 Å². The quantitative estimate of drug-likeness (QED) is 0.460. The lowest BCUT2D eigenvalue weighted by molar-refractivity contribution is -0.119. The summed E-state index contributed by atoms with van der Waals surface area (Å²) in [7, 11) is 0. The van der Waals surface area contributed by atoms with Crippen LogP contribution in [0.5, 0.6) is 5.75 Å². The van der Waals surface area contributed by atoms with Crippen LogP contribution in [-0.4, -0.2) is 33.9 Å². The molecule has 3 aromatic rings. The van der Waals surface area contributed by atoms with Crippen LogP contribution in [0.15, 0.2) is 58.5 Å². The first-order chi connectivity index (χ1) is 14.7. The van der Waals surface area contributed by atoms with Crippen LogP contribution < -0.4 is 15.6 Å². The molecule has 1 amide bonds. The lowest BCUT2D eigenvalue weighted by atomic mass is 10.2. The summed E-state index contributed by atoms with van der Waals surface area (Å²) in [6, 6.07) is 14.9. The molecular weight excluding hydrogens is 398 g/mol. The Bertz CT molecular complexity index is 1110. The van der Waals surface area contributed by atoms with E-state index in [-0.39, 0.29) is 23.3 Å². The summed E-state index contributed by atoms with van der Waals surface area (Å²) in [5, 5.41) is 4.10. The number of aromatic nitrogens is 2. The van der Waals surface area contributed by atoms with Gasteiger partial charge in [-0.25, -0.2) is 4.98 Å². The van der Waals surface area contributed by atoms with Gasteiger partial charge in [-0.05, 0) is 44.0 Å². The highest BCUT2D eigenvalue weighted by Gasteiger charge is 2.20. The first-order valence-corrected chi connectivity index (χ1v) is 11.3. The third kappa shape index (κ3) is 4.36. The molecule has 1 aromatic heterocycles. The lowest BCUT2D eigenvalue weighted by Gasteiger charge is -2.17. The summed E-state index contributed by atoms with van der Waals surface area (Å²) in [6.07, 6.45) is 4.41. The van der Waals surface area contributed by atoms with E-state index in [0.717, 1.165) is 25.7 Å². The molecule has 0 aliphatic heterocycles. The van der Waals surface area contributed by atoms with Crippen molar-refractivity contribution in [3.8, 4) is 11.4 Å². The number of carbonyl (C=O) groups is 1. The summed E-state index contributed by atoms with van der Waals surface area (Å²) in [5.41, 5.74) is 1.07. The van der Waals surface area contributed by atoms with E-state index in [2.05, 4.69) is 5.32 Å². The summed E-state index contributed by atoms with van der Waals surface area (Å²) >= 11 is 1.27. The van der Waals surface area contributed by atoms with Gasteiger partial charge in [0.1, 0.15) is 5.75 Å². The van der Waals surface area contributed by atoms with E-state index >= 15 is 0 Å². The highest BCUT2D eigenvalue weighted by molar-refractivity contribution is 7.99. The van der Waals surface area contributed by atoms with Crippen molar-refractivity contribution >= 4 is 28.6 Å². The zero-order valence-corrected chi connectivity index (χ0v) is 17.8. The highest BCUT2D eigenvalue weighted by Crippen LogP contribution is 2.27. The van der Waals surface area contributed by atoms with Crippen LogP contribution in [0.3, 0.4) is 0 Å². The smallest absolute Gasteiger partial charge is 0.266 e. The van der Waals surface area contributed by atoms with Crippen LogP contribution >= 0.6 is 11.8 Å². The highest BCUT2D eigenvalue weighted by atomic mass is 32.2. The molecule has 0 unspecified atom stereocenters. The standard InChI is InChI=1S/C23H25N3O3S/c1-2-29-20-14-8-7-13-19(20)26-22(28)17-11-5-6-12-18(17)25-23(26)30-15-21(27)24-16-9-3-4-10-16/h5-8,11-14,16H,2-4,9-10,15H2,1H3,(H,24,27). The Balaban J connectivity index is 1.72. The number of hydrogen-bond donors (Lipinski definition) is 1. The number of ether oxygens (including phenoxy) is 1. The summed E-state index contributed by atoms with van der Waals surface area (Å²) in [4.78, 5) is 30.6. The van der Waals surface area contributed by atoms with Gasteiger partial charge < -0.3 is 10.1 Å². The maximum Gasteiger partial charge on any atom is 0.266 e. The van der Waals surface area contributed by atoms with Crippen LogP contribution in [0.1, 0.15) is 32.6 Å². The number of amides is 1. The van der Waals surface area contributed by atoms with Crippen LogP contribution in [0.4, 0.5) is 0 Å². The minimum atomic E-state index is -0.175. The molecule has 1 fully saturated rings. The van der Waals surface area contributed by atoms with Crippen LogP contribution in [0.2, 0.25) is 0 Å². The average molecular weight is 424 g/mol. The minimum Gasteiger partial charge on any atom is -0.492 e. The second kappa shape index (κ2) is 9.34. The topological polar surface area (TPSA) is 73.2 Å². The zero-order chi connectivity index (χ0) is 20.9. The molecule has 0 spiro atoms. The van der Waals surface area contributed by atoms with Gasteiger partial charge in [0, 0.05) is 6.04 Å². The Morgan fingerprint density at radius 2 is 1.90 bits per heavy atom. The Morgan fingerprint density at radius 1 is 1.17 bits per heavy atom. The van der Waals surface area contributed by atoms with Gasteiger partial charge in [-0.3, -0.25) is 14.2 Å². The van der Waals surface area contributed by atoms with Crippen molar-refractivity contribution in [2.45, 2.75) is 43.8 Å². The molecular formula is C23H25N3O3S. The van der Waals surface area contributed by atoms with Gasteiger partial charge >= 0.3 is 0 Å². The molecule has 0 saturated heterocycles. The molecule has 0 radical (unpaired) electrons. The number of benzene rings is 2. The van der Waals surface area contributed by atoms with E-state index in [1.165, 1.54) is 11.8 Å². The number of nitrogens with one attached hydrogen (secondary N) is 1. The number of carbonyl (C=O) groups excluding carboxylic acids is 1. The molecule has 156 valence electrons. The molecule has 0 bridgehead atoms. The van der Waals surface area contributed by atoms with Gasteiger partial charge in [0.2, 0.25) is 5.91 Å². The second-order valence-corrected chi connectivity index (χ2v) is 8.23. The third-order valence-electron chi connectivity index (χ3n) is 5.20. The third-order valence-corrected chi connectivity index (χ3v) is 6.14. The summed E-state index contributed by atoms with van der Waals surface area (Å²) in [6.45, 7) is 2.39. The fourth-order valence-electron chi connectivity index (χ4n) is 3.81.